The van der Waals surface area contributed by atoms with E-state index in [1.807, 2.05) is 54.6 Å². The van der Waals surface area contributed by atoms with E-state index >= 15 is 0 Å². The summed E-state index contributed by atoms with van der Waals surface area (Å²) in [4.78, 5) is 12.5. The van der Waals surface area contributed by atoms with E-state index in [-0.39, 0.29) is 5.78 Å². The molecule has 1 unspecified atom stereocenters. The first kappa shape index (κ1) is 15.8. The van der Waals surface area contributed by atoms with Gasteiger partial charge in [0.25, 0.3) is 0 Å². The summed E-state index contributed by atoms with van der Waals surface area (Å²) in [5.41, 5.74) is 1.38. The van der Waals surface area contributed by atoms with Gasteiger partial charge < -0.3 is 10.1 Å². The first-order chi connectivity index (χ1) is 11.3. The van der Waals surface area contributed by atoms with Crippen molar-refractivity contribution in [2.75, 3.05) is 13.2 Å². The van der Waals surface area contributed by atoms with E-state index in [9.17, 15) is 4.79 Å². The molecule has 1 fully saturated rings. The first-order valence-electron chi connectivity index (χ1n) is 8.39. The van der Waals surface area contributed by atoms with Gasteiger partial charge in [-0.1, -0.05) is 48.9 Å². The van der Waals surface area contributed by atoms with Crippen LogP contribution >= 0.6 is 0 Å². The maximum absolute atomic E-state index is 12.5. The molecule has 3 nitrogen and oxygen atoms in total. The van der Waals surface area contributed by atoms with Gasteiger partial charge in [-0.15, -0.1) is 0 Å². The molecular formula is C20H23NO2. The minimum Gasteiger partial charge on any atom is -0.494 e. The Bertz CT molecular complexity index is 633. The molecule has 1 atom stereocenters. The number of ketones is 1. The number of ether oxygens (including phenoxy) is 1. The largest absolute Gasteiger partial charge is 0.494 e. The Balaban J connectivity index is 1.58. The van der Waals surface area contributed by atoms with Gasteiger partial charge in [-0.25, -0.2) is 0 Å². The molecule has 1 heterocycles. The molecule has 0 bridgehead atoms. The second kappa shape index (κ2) is 7.93. The molecule has 0 saturated carbocycles. The predicted molar refractivity (Wildman–Crippen MR) is 92.1 cm³/mol. The second-order valence-corrected chi connectivity index (χ2v) is 6.01. The molecule has 1 aliphatic heterocycles. The molecule has 1 N–H and O–H groups in total. The Morgan fingerprint density at radius 2 is 1.87 bits per heavy atom. The molecule has 0 amide bonds. The van der Waals surface area contributed by atoms with E-state index in [4.69, 9.17) is 4.74 Å². The van der Waals surface area contributed by atoms with Gasteiger partial charge in [0, 0.05) is 17.2 Å². The maximum atomic E-state index is 12.5. The molecular weight excluding hydrogens is 286 g/mol. The summed E-state index contributed by atoms with van der Waals surface area (Å²) in [5, 5.41) is 3.52. The highest BCUT2D eigenvalue weighted by molar-refractivity contribution is 6.09. The molecule has 3 heteroatoms. The van der Waals surface area contributed by atoms with E-state index < -0.39 is 0 Å². The normalized spacial score (nSPS) is 17.7. The number of carbonyl (C=O) groups excluding carboxylic acids is 1. The second-order valence-electron chi connectivity index (χ2n) is 6.01. The van der Waals surface area contributed by atoms with Crippen molar-refractivity contribution in [3.63, 3.8) is 0 Å². The van der Waals surface area contributed by atoms with Crippen molar-refractivity contribution in [1.29, 1.82) is 0 Å². The number of carbonyl (C=O) groups is 1. The van der Waals surface area contributed by atoms with Crippen molar-refractivity contribution in [1.82, 2.24) is 5.32 Å². The Morgan fingerprint density at radius 3 is 2.65 bits per heavy atom. The average Bonchev–Trinajstić information content (AvgIpc) is 2.63. The highest BCUT2D eigenvalue weighted by Gasteiger charge is 2.13. The van der Waals surface area contributed by atoms with Gasteiger partial charge >= 0.3 is 0 Å². The fraction of sp³-hybridized carbons (Fsp3) is 0.350. The molecule has 0 radical (unpaired) electrons. The lowest BCUT2D eigenvalue weighted by atomic mass is 10.0. The zero-order chi connectivity index (χ0) is 15.9. The predicted octanol–water partition coefficient (Wildman–Crippen LogP) is 3.83. The van der Waals surface area contributed by atoms with Crippen LogP contribution in [0.25, 0.3) is 0 Å². The van der Waals surface area contributed by atoms with Crippen LogP contribution in [0.1, 0.15) is 41.6 Å². The monoisotopic (exact) mass is 309 g/mol. The van der Waals surface area contributed by atoms with Gasteiger partial charge in [0.1, 0.15) is 5.75 Å². The number of hydrogen-bond donors (Lipinski definition) is 1. The smallest absolute Gasteiger partial charge is 0.193 e. The number of nitrogens with one attached hydrogen (secondary N) is 1. The molecule has 0 aliphatic carbocycles. The third-order valence-corrected chi connectivity index (χ3v) is 4.28. The molecule has 1 saturated heterocycles. The van der Waals surface area contributed by atoms with Gasteiger partial charge in [0.05, 0.1) is 6.61 Å². The van der Waals surface area contributed by atoms with E-state index in [0.717, 1.165) is 18.7 Å². The number of benzene rings is 2. The van der Waals surface area contributed by atoms with Gasteiger partial charge in [0.2, 0.25) is 0 Å². The Labute approximate surface area is 137 Å². The molecule has 2 aromatic rings. The third kappa shape index (κ3) is 4.42. The summed E-state index contributed by atoms with van der Waals surface area (Å²) in [6, 6.07) is 17.4. The summed E-state index contributed by atoms with van der Waals surface area (Å²) >= 11 is 0. The number of piperidine rings is 1. The molecule has 3 rings (SSSR count). The maximum Gasteiger partial charge on any atom is 0.193 e. The lowest BCUT2D eigenvalue weighted by molar-refractivity contribution is 0.103. The van der Waals surface area contributed by atoms with Crippen LogP contribution in [0.15, 0.2) is 54.6 Å². The highest BCUT2D eigenvalue weighted by atomic mass is 16.5. The van der Waals surface area contributed by atoms with Crippen LogP contribution in [0.4, 0.5) is 0 Å². The van der Waals surface area contributed by atoms with E-state index in [0.29, 0.717) is 23.8 Å². The molecule has 23 heavy (non-hydrogen) atoms. The van der Waals surface area contributed by atoms with E-state index in [1.54, 1.807) is 0 Å². The molecule has 2 aromatic carbocycles. The zero-order valence-electron chi connectivity index (χ0n) is 13.3. The van der Waals surface area contributed by atoms with Crippen LogP contribution in [0, 0.1) is 0 Å². The number of rotatable bonds is 6. The molecule has 120 valence electrons. The van der Waals surface area contributed by atoms with E-state index in [2.05, 4.69) is 5.32 Å². The quantitative estimate of drug-likeness (QED) is 0.824. The van der Waals surface area contributed by atoms with Crippen LogP contribution in [0.5, 0.6) is 5.75 Å². The summed E-state index contributed by atoms with van der Waals surface area (Å²) < 4.78 is 5.84. The number of hydrogen-bond acceptors (Lipinski definition) is 3. The van der Waals surface area contributed by atoms with Crippen molar-refractivity contribution >= 4 is 5.78 Å². The van der Waals surface area contributed by atoms with Crippen molar-refractivity contribution in [3.8, 4) is 5.75 Å². The third-order valence-electron chi connectivity index (χ3n) is 4.28. The lowest BCUT2D eigenvalue weighted by Gasteiger charge is -2.23. The minimum absolute atomic E-state index is 0.0324. The Kier molecular flexibility index (Phi) is 5.43. The van der Waals surface area contributed by atoms with Crippen molar-refractivity contribution in [3.05, 3.63) is 65.7 Å². The summed E-state index contributed by atoms with van der Waals surface area (Å²) in [5.74, 6) is 0.799. The van der Waals surface area contributed by atoms with Crippen molar-refractivity contribution in [2.45, 2.75) is 31.7 Å². The first-order valence-corrected chi connectivity index (χ1v) is 8.39. The lowest BCUT2D eigenvalue weighted by Crippen LogP contribution is -2.35. The van der Waals surface area contributed by atoms with Crippen molar-refractivity contribution < 1.29 is 9.53 Å². The fourth-order valence-corrected chi connectivity index (χ4v) is 2.97. The molecule has 1 aliphatic rings. The summed E-state index contributed by atoms with van der Waals surface area (Å²) in [6.45, 7) is 1.80. The van der Waals surface area contributed by atoms with Crippen molar-refractivity contribution in [2.24, 2.45) is 0 Å². The average molecular weight is 309 g/mol. The van der Waals surface area contributed by atoms with Crippen LogP contribution in [0.3, 0.4) is 0 Å². The zero-order valence-corrected chi connectivity index (χ0v) is 13.3. The SMILES string of the molecule is O=C(c1ccccc1)c1cccc(OCCC2CCCCN2)c1. The van der Waals surface area contributed by atoms with Gasteiger partial charge in [-0.2, -0.15) is 0 Å². The molecule has 0 aromatic heterocycles. The summed E-state index contributed by atoms with van der Waals surface area (Å²) in [6.07, 6.45) is 4.83. The van der Waals surface area contributed by atoms with Crippen LogP contribution in [0.2, 0.25) is 0 Å². The van der Waals surface area contributed by atoms with Gasteiger partial charge in [-0.05, 0) is 37.9 Å². The summed E-state index contributed by atoms with van der Waals surface area (Å²) in [7, 11) is 0. The van der Waals surface area contributed by atoms with Crippen LogP contribution < -0.4 is 10.1 Å². The van der Waals surface area contributed by atoms with Crippen LogP contribution in [-0.2, 0) is 0 Å². The van der Waals surface area contributed by atoms with Crippen LogP contribution in [-0.4, -0.2) is 25.0 Å². The fourth-order valence-electron chi connectivity index (χ4n) is 2.97. The van der Waals surface area contributed by atoms with Gasteiger partial charge in [-0.3, -0.25) is 4.79 Å². The van der Waals surface area contributed by atoms with E-state index in [1.165, 1.54) is 19.3 Å². The standard InChI is InChI=1S/C20H23NO2/c22-20(16-7-2-1-3-8-16)17-9-6-11-19(15-17)23-14-12-18-10-4-5-13-21-18/h1-3,6-9,11,15,18,21H,4-5,10,12-14H2. The van der Waals surface area contributed by atoms with Gasteiger partial charge in [0.15, 0.2) is 5.78 Å². The minimum atomic E-state index is 0.0324. The Morgan fingerprint density at radius 1 is 1.04 bits per heavy atom. The topological polar surface area (TPSA) is 38.3 Å². The Hall–Kier alpha value is -2.13. The molecule has 0 spiro atoms. The highest BCUT2D eigenvalue weighted by Crippen LogP contribution is 2.18.